The first-order valence-electron chi connectivity index (χ1n) is 7.19. The van der Waals surface area contributed by atoms with Crippen molar-refractivity contribution in [3.8, 4) is 5.75 Å². The lowest BCUT2D eigenvalue weighted by molar-refractivity contribution is -0.136. The third-order valence-corrected chi connectivity index (χ3v) is 4.22. The summed E-state index contributed by atoms with van der Waals surface area (Å²) in [6.07, 6.45) is 2.29. The van der Waals surface area contributed by atoms with E-state index < -0.39 is 0 Å². The minimum atomic E-state index is -0.292. The number of amides is 1. The summed E-state index contributed by atoms with van der Waals surface area (Å²) >= 11 is 0. The molecule has 0 saturated carbocycles. The molecule has 0 radical (unpaired) electrons. The van der Waals surface area contributed by atoms with Crippen LogP contribution in [0.5, 0.6) is 5.75 Å². The number of fused-ring (bicyclic) bond motifs is 1. The first-order valence-corrected chi connectivity index (χ1v) is 7.19. The summed E-state index contributed by atoms with van der Waals surface area (Å²) in [5.74, 6) is 0.791. The van der Waals surface area contributed by atoms with E-state index in [0.717, 1.165) is 24.2 Å². The number of ether oxygens (including phenoxy) is 1. The Bertz CT molecular complexity index is 573. The fourth-order valence-electron chi connectivity index (χ4n) is 3.13. The summed E-state index contributed by atoms with van der Waals surface area (Å²) in [6, 6.07) is 7.49. The van der Waals surface area contributed by atoms with Gasteiger partial charge in [-0.3, -0.25) is 4.79 Å². The van der Waals surface area contributed by atoms with Gasteiger partial charge in [0.05, 0.1) is 12.0 Å². The lowest BCUT2D eigenvalue weighted by Gasteiger charge is -2.31. The van der Waals surface area contributed by atoms with Crippen molar-refractivity contribution in [1.82, 2.24) is 4.90 Å². The van der Waals surface area contributed by atoms with Gasteiger partial charge < -0.3 is 20.6 Å². The molecule has 2 heterocycles. The molecule has 3 N–H and O–H groups in total. The first kappa shape index (κ1) is 13.7. The highest BCUT2D eigenvalue weighted by atomic mass is 16.5. The SMILES string of the molecule is NC(=NO)C1CCCN1C(=O)C1COc2ccccc2C1. The van der Waals surface area contributed by atoms with Crippen LogP contribution in [-0.2, 0) is 11.2 Å². The number of nitrogens with zero attached hydrogens (tertiary/aromatic N) is 2. The summed E-state index contributed by atoms with van der Waals surface area (Å²) in [7, 11) is 0. The standard InChI is InChI=1S/C15H19N3O3/c16-14(17-20)12-5-3-7-18(12)15(19)11-8-10-4-1-2-6-13(10)21-9-11/h1-2,4,6,11-12,20H,3,5,7-9H2,(H2,16,17). The molecule has 1 aromatic carbocycles. The molecule has 0 bridgehead atoms. The monoisotopic (exact) mass is 289 g/mol. The highest BCUT2D eigenvalue weighted by Crippen LogP contribution is 2.29. The number of amidine groups is 1. The molecule has 2 aliphatic rings. The summed E-state index contributed by atoms with van der Waals surface area (Å²) in [5.41, 5.74) is 6.74. The Hall–Kier alpha value is -2.24. The Labute approximate surface area is 123 Å². The van der Waals surface area contributed by atoms with E-state index in [1.807, 2.05) is 24.3 Å². The largest absolute Gasteiger partial charge is 0.492 e. The molecule has 0 aromatic heterocycles. The van der Waals surface area contributed by atoms with Gasteiger partial charge >= 0.3 is 0 Å². The normalized spacial score (nSPS) is 25.3. The number of rotatable bonds is 2. The van der Waals surface area contributed by atoms with E-state index >= 15 is 0 Å². The van der Waals surface area contributed by atoms with Gasteiger partial charge in [0, 0.05) is 6.54 Å². The molecular formula is C15H19N3O3. The zero-order valence-electron chi connectivity index (χ0n) is 11.7. The maximum Gasteiger partial charge on any atom is 0.230 e. The number of benzene rings is 1. The van der Waals surface area contributed by atoms with E-state index in [-0.39, 0.29) is 23.7 Å². The van der Waals surface area contributed by atoms with Crippen molar-refractivity contribution in [3.05, 3.63) is 29.8 Å². The summed E-state index contributed by atoms with van der Waals surface area (Å²) < 4.78 is 5.68. The molecule has 6 heteroatoms. The molecule has 1 saturated heterocycles. The fourth-order valence-corrected chi connectivity index (χ4v) is 3.13. The molecule has 1 amide bonds. The smallest absolute Gasteiger partial charge is 0.230 e. The molecule has 3 rings (SSSR count). The van der Waals surface area contributed by atoms with Crippen molar-refractivity contribution in [2.75, 3.05) is 13.2 Å². The van der Waals surface area contributed by atoms with Gasteiger partial charge in [-0.2, -0.15) is 0 Å². The van der Waals surface area contributed by atoms with Crippen LogP contribution in [-0.4, -0.2) is 41.0 Å². The second-order valence-corrected chi connectivity index (χ2v) is 5.53. The van der Waals surface area contributed by atoms with Crippen LogP contribution in [0.15, 0.2) is 29.4 Å². The van der Waals surface area contributed by atoms with Crippen LogP contribution >= 0.6 is 0 Å². The number of carbonyl (C=O) groups is 1. The Kier molecular flexibility index (Phi) is 3.68. The summed E-state index contributed by atoms with van der Waals surface area (Å²) in [4.78, 5) is 14.4. The predicted molar refractivity (Wildman–Crippen MR) is 77.3 cm³/mol. The number of carbonyl (C=O) groups excluding carboxylic acids is 1. The highest BCUT2D eigenvalue weighted by molar-refractivity contribution is 5.91. The maximum atomic E-state index is 12.7. The summed E-state index contributed by atoms with van der Waals surface area (Å²) in [5, 5.41) is 11.9. The van der Waals surface area contributed by atoms with Crippen molar-refractivity contribution < 1.29 is 14.7 Å². The van der Waals surface area contributed by atoms with Crippen LogP contribution in [0.25, 0.3) is 0 Å². The van der Waals surface area contributed by atoms with Crippen LogP contribution in [0.4, 0.5) is 0 Å². The van der Waals surface area contributed by atoms with E-state index in [0.29, 0.717) is 19.6 Å². The molecule has 2 unspecified atom stereocenters. The average molecular weight is 289 g/mol. The zero-order valence-corrected chi connectivity index (χ0v) is 11.7. The molecule has 2 atom stereocenters. The second kappa shape index (κ2) is 5.63. The summed E-state index contributed by atoms with van der Waals surface area (Å²) in [6.45, 7) is 1.03. The van der Waals surface area contributed by atoms with Crippen LogP contribution in [0.2, 0.25) is 0 Å². The van der Waals surface area contributed by atoms with Crippen molar-refractivity contribution in [2.24, 2.45) is 16.8 Å². The van der Waals surface area contributed by atoms with Gasteiger partial charge in [-0.25, -0.2) is 0 Å². The average Bonchev–Trinajstić information content (AvgIpc) is 3.02. The molecule has 6 nitrogen and oxygen atoms in total. The van der Waals surface area contributed by atoms with Crippen molar-refractivity contribution in [3.63, 3.8) is 0 Å². The molecule has 1 fully saturated rings. The third-order valence-electron chi connectivity index (χ3n) is 4.22. The molecular weight excluding hydrogens is 270 g/mol. The van der Waals surface area contributed by atoms with Crippen LogP contribution in [0.3, 0.4) is 0 Å². The highest BCUT2D eigenvalue weighted by Gasteiger charge is 2.37. The maximum absolute atomic E-state index is 12.7. The number of nitrogens with two attached hydrogens (primary N) is 1. The number of hydrogen-bond acceptors (Lipinski definition) is 4. The van der Waals surface area contributed by atoms with Crippen molar-refractivity contribution in [1.29, 1.82) is 0 Å². The number of oxime groups is 1. The quantitative estimate of drug-likeness (QED) is 0.367. The first-order chi connectivity index (χ1) is 10.2. The van der Waals surface area contributed by atoms with Gasteiger partial charge in [0.2, 0.25) is 5.91 Å². The zero-order chi connectivity index (χ0) is 14.8. The Morgan fingerprint density at radius 2 is 2.24 bits per heavy atom. The minimum absolute atomic E-state index is 0.0265. The van der Waals surface area contributed by atoms with Gasteiger partial charge in [0.25, 0.3) is 0 Å². The molecule has 1 aromatic rings. The lowest BCUT2D eigenvalue weighted by atomic mass is 9.95. The van der Waals surface area contributed by atoms with Crippen LogP contribution < -0.4 is 10.5 Å². The number of hydrogen-bond donors (Lipinski definition) is 2. The lowest BCUT2D eigenvalue weighted by Crippen LogP contribution is -2.48. The van der Waals surface area contributed by atoms with E-state index in [1.165, 1.54) is 0 Å². The molecule has 2 aliphatic heterocycles. The van der Waals surface area contributed by atoms with Gasteiger partial charge in [-0.1, -0.05) is 23.4 Å². The Morgan fingerprint density at radius 3 is 3.05 bits per heavy atom. The van der Waals surface area contributed by atoms with E-state index in [1.54, 1.807) is 4.90 Å². The van der Waals surface area contributed by atoms with Gasteiger partial charge in [0.1, 0.15) is 12.4 Å². The van der Waals surface area contributed by atoms with Gasteiger partial charge in [-0.15, -0.1) is 0 Å². The fraction of sp³-hybridized carbons (Fsp3) is 0.467. The number of likely N-dealkylation sites (tertiary alicyclic amines) is 1. The van der Waals surface area contributed by atoms with E-state index in [4.69, 9.17) is 15.7 Å². The van der Waals surface area contributed by atoms with E-state index in [9.17, 15) is 4.79 Å². The van der Waals surface area contributed by atoms with Gasteiger partial charge in [0.15, 0.2) is 5.84 Å². The molecule has 112 valence electrons. The van der Waals surface area contributed by atoms with Gasteiger partial charge in [-0.05, 0) is 30.9 Å². The third kappa shape index (κ3) is 2.53. The second-order valence-electron chi connectivity index (χ2n) is 5.53. The minimum Gasteiger partial charge on any atom is -0.492 e. The molecule has 0 spiro atoms. The molecule has 21 heavy (non-hydrogen) atoms. The van der Waals surface area contributed by atoms with E-state index in [2.05, 4.69) is 5.16 Å². The Balaban J connectivity index is 1.74. The Morgan fingerprint density at radius 1 is 1.43 bits per heavy atom. The van der Waals surface area contributed by atoms with Crippen molar-refractivity contribution in [2.45, 2.75) is 25.3 Å². The predicted octanol–water partition coefficient (Wildman–Crippen LogP) is 0.975. The molecule has 0 aliphatic carbocycles. The van der Waals surface area contributed by atoms with Crippen molar-refractivity contribution >= 4 is 11.7 Å². The van der Waals surface area contributed by atoms with Crippen LogP contribution in [0.1, 0.15) is 18.4 Å². The van der Waals surface area contributed by atoms with Crippen LogP contribution in [0, 0.1) is 5.92 Å². The number of para-hydroxylation sites is 1. The topological polar surface area (TPSA) is 88.2 Å².